The molecule has 2 aliphatic heterocycles. The average molecular weight is 421 g/mol. The second-order valence-electron chi connectivity index (χ2n) is 6.05. The molecule has 0 aromatic carbocycles. The van der Waals surface area contributed by atoms with E-state index in [-0.39, 0.29) is 0 Å². The standard InChI is InChI=1S/C12H22S2.2CH4O3S/c1-13-7-3-11(4-8-13)12-5-9-14(2)10-6-12;2*1-5(2,3)4/h3,12H,4-10H2,1-2H3;2*1H3,(H,2,3,4)/q+2;;/p-2. The van der Waals surface area contributed by atoms with Crippen molar-refractivity contribution < 1.29 is 25.9 Å². The van der Waals surface area contributed by atoms with Gasteiger partial charge in [-0.2, -0.15) is 0 Å². The molecule has 10 heteroatoms. The summed E-state index contributed by atoms with van der Waals surface area (Å²) in [6.45, 7) is 0. The summed E-state index contributed by atoms with van der Waals surface area (Å²) in [6.07, 6.45) is 13.0. The van der Waals surface area contributed by atoms with Crippen LogP contribution in [0.2, 0.25) is 0 Å². The van der Waals surface area contributed by atoms with Gasteiger partial charge in [0, 0.05) is 18.9 Å². The largest absolute Gasteiger partial charge is 0.748 e. The molecule has 2 aliphatic rings. The molecule has 0 aromatic heterocycles. The minimum absolute atomic E-state index is 0.604. The quantitative estimate of drug-likeness (QED) is 0.347. The summed E-state index contributed by atoms with van der Waals surface area (Å²) < 4.78 is 54.5. The van der Waals surface area contributed by atoms with Crippen LogP contribution >= 0.6 is 0 Å². The van der Waals surface area contributed by atoms with Crippen molar-refractivity contribution in [2.24, 2.45) is 5.92 Å². The lowest BCUT2D eigenvalue weighted by Gasteiger charge is -2.25. The van der Waals surface area contributed by atoms with Crippen LogP contribution in [-0.4, -0.2) is 74.0 Å². The molecule has 144 valence electrons. The lowest BCUT2D eigenvalue weighted by atomic mass is 9.91. The van der Waals surface area contributed by atoms with Crippen molar-refractivity contribution in [3.05, 3.63) is 11.6 Å². The van der Waals surface area contributed by atoms with Gasteiger partial charge in [0.2, 0.25) is 0 Å². The van der Waals surface area contributed by atoms with E-state index < -0.39 is 20.2 Å². The van der Waals surface area contributed by atoms with Gasteiger partial charge in [-0.1, -0.05) is 5.57 Å². The summed E-state index contributed by atoms with van der Waals surface area (Å²) >= 11 is 0. The van der Waals surface area contributed by atoms with E-state index in [2.05, 4.69) is 18.6 Å². The Labute approximate surface area is 152 Å². The second-order valence-corrected chi connectivity index (χ2v) is 13.6. The van der Waals surface area contributed by atoms with Crippen LogP contribution in [0.3, 0.4) is 0 Å². The topological polar surface area (TPSA) is 114 Å². The highest BCUT2D eigenvalue weighted by Crippen LogP contribution is 2.30. The van der Waals surface area contributed by atoms with Gasteiger partial charge in [-0.05, 0) is 46.6 Å². The molecule has 2 heterocycles. The highest BCUT2D eigenvalue weighted by Gasteiger charge is 2.29. The Morgan fingerprint density at radius 2 is 1.33 bits per heavy atom. The van der Waals surface area contributed by atoms with E-state index in [0.29, 0.717) is 23.4 Å². The zero-order chi connectivity index (χ0) is 19.0. The molecule has 1 fully saturated rings. The normalized spacial score (nSPS) is 27.8. The Hall–Kier alpha value is 0.260. The van der Waals surface area contributed by atoms with Crippen LogP contribution in [0.4, 0.5) is 0 Å². The van der Waals surface area contributed by atoms with Crippen LogP contribution in [0, 0.1) is 5.92 Å². The Bertz CT molecular complexity index is 543. The van der Waals surface area contributed by atoms with Crippen LogP contribution in [0.15, 0.2) is 11.6 Å². The van der Waals surface area contributed by atoms with Gasteiger partial charge in [0.05, 0.1) is 32.7 Å². The van der Waals surface area contributed by atoms with Crippen LogP contribution < -0.4 is 0 Å². The van der Waals surface area contributed by atoms with E-state index >= 15 is 0 Å². The SMILES string of the molecule is CS(=O)(=O)[O-].CS(=O)(=O)[O-].C[S+]1CC=C(C2CC[S+](C)CC2)CC1. The summed E-state index contributed by atoms with van der Waals surface area (Å²) in [6, 6.07) is 0. The average Bonchev–Trinajstić information content (AvgIpc) is 2.37. The molecule has 0 spiro atoms. The fourth-order valence-electron chi connectivity index (χ4n) is 2.40. The highest BCUT2D eigenvalue weighted by atomic mass is 32.2. The summed E-state index contributed by atoms with van der Waals surface area (Å²) in [5.74, 6) is 6.83. The van der Waals surface area contributed by atoms with Crippen LogP contribution in [0.25, 0.3) is 0 Å². The van der Waals surface area contributed by atoms with E-state index in [9.17, 15) is 0 Å². The molecule has 0 radical (unpaired) electrons. The van der Waals surface area contributed by atoms with Gasteiger partial charge in [-0.15, -0.1) is 0 Å². The number of hydrogen-bond donors (Lipinski definition) is 0. The Kier molecular flexibility index (Phi) is 11.2. The summed E-state index contributed by atoms with van der Waals surface area (Å²) in [5, 5.41) is 0. The fourth-order valence-corrected chi connectivity index (χ4v) is 5.23. The molecule has 6 nitrogen and oxygen atoms in total. The molecule has 1 unspecified atom stereocenters. The van der Waals surface area contributed by atoms with Gasteiger partial charge < -0.3 is 9.11 Å². The zero-order valence-corrected chi connectivity index (χ0v) is 18.0. The molecule has 0 aromatic rings. The number of hydrogen-bond acceptors (Lipinski definition) is 6. The van der Waals surface area contributed by atoms with E-state index in [0.717, 1.165) is 16.8 Å². The third-order valence-electron chi connectivity index (χ3n) is 3.52. The van der Waals surface area contributed by atoms with Crippen molar-refractivity contribution in [2.45, 2.75) is 19.3 Å². The van der Waals surface area contributed by atoms with Crippen molar-refractivity contribution in [3.8, 4) is 0 Å². The first-order valence-electron chi connectivity index (χ1n) is 7.44. The third-order valence-corrected chi connectivity index (χ3v) is 7.03. The summed E-state index contributed by atoms with van der Waals surface area (Å²) in [7, 11) is -6.38. The molecule has 24 heavy (non-hydrogen) atoms. The molecular formula is C14H28O6S4. The van der Waals surface area contributed by atoms with Crippen molar-refractivity contribution in [3.63, 3.8) is 0 Å². The summed E-state index contributed by atoms with van der Waals surface area (Å²) in [5.41, 5.74) is 1.83. The molecule has 0 bridgehead atoms. The zero-order valence-electron chi connectivity index (χ0n) is 14.7. The first kappa shape index (κ1) is 24.3. The maximum Gasteiger partial charge on any atom is 0.126 e. The predicted octanol–water partition coefficient (Wildman–Crippen LogP) is 0.546. The number of rotatable bonds is 1. The van der Waals surface area contributed by atoms with Gasteiger partial charge >= 0.3 is 0 Å². The van der Waals surface area contributed by atoms with Crippen molar-refractivity contribution in [1.82, 2.24) is 0 Å². The lowest BCUT2D eigenvalue weighted by molar-refractivity contribution is 0.468. The second kappa shape index (κ2) is 11.1. The minimum atomic E-state index is -3.92. The minimum Gasteiger partial charge on any atom is -0.748 e. The van der Waals surface area contributed by atoms with Gasteiger partial charge in [0.25, 0.3) is 0 Å². The monoisotopic (exact) mass is 420 g/mol. The summed E-state index contributed by atoms with van der Waals surface area (Å²) in [4.78, 5) is 0. The van der Waals surface area contributed by atoms with Gasteiger partial charge in [-0.25, -0.2) is 16.8 Å². The molecule has 0 aliphatic carbocycles. The first-order valence-corrected chi connectivity index (χ1v) is 15.0. The molecule has 0 saturated carbocycles. The molecular weight excluding hydrogens is 392 g/mol. The van der Waals surface area contributed by atoms with Crippen LogP contribution in [-0.2, 0) is 42.0 Å². The third kappa shape index (κ3) is 17.1. The van der Waals surface area contributed by atoms with E-state index in [1.54, 1.807) is 0 Å². The van der Waals surface area contributed by atoms with Gasteiger partial charge in [-0.3, -0.25) is 0 Å². The molecule has 1 atom stereocenters. The maximum absolute atomic E-state index is 9.08. The first-order chi connectivity index (χ1) is 10.8. The van der Waals surface area contributed by atoms with Crippen molar-refractivity contribution >= 4 is 42.0 Å². The van der Waals surface area contributed by atoms with Gasteiger partial charge in [0.15, 0.2) is 0 Å². The molecule has 0 N–H and O–H groups in total. The Balaban J connectivity index is 0.000000442. The predicted molar refractivity (Wildman–Crippen MR) is 103 cm³/mol. The van der Waals surface area contributed by atoms with Crippen LogP contribution in [0.5, 0.6) is 0 Å². The van der Waals surface area contributed by atoms with Crippen molar-refractivity contribution in [2.75, 3.05) is 48.0 Å². The highest BCUT2D eigenvalue weighted by molar-refractivity contribution is 7.96. The Morgan fingerprint density at radius 1 is 0.917 bits per heavy atom. The van der Waals surface area contributed by atoms with Gasteiger partial charge in [0.1, 0.15) is 23.0 Å². The van der Waals surface area contributed by atoms with Crippen LogP contribution in [0.1, 0.15) is 19.3 Å². The van der Waals surface area contributed by atoms with E-state index in [4.69, 9.17) is 25.9 Å². The lowest BCUT2D eigenvalue weighted by Crippen LogP contribution is -2.26. The van der Waals surface area contributed by atoms with Crippen molar-refractivity contribution in [1.29, 1.82) is 0 Å². The molecule has 0 amide bonds. The maximum atomic E-state index is 9.08. The molecule has 2 rings (SSSR count). The molecule has 1 saturated heterocycles. The fraction of sp³-hybridized carbons (Fsp3) is 0.857. The van der Waals surface area contributed by atoms with E-state index in [1.807, 2.05) is 5.57 Å². The number of allylic oxidation sites excluding steroid dienone is 1. The Morgan fingerprint density at radius 3 is 1.67 bits per heavy atom. The smallest absolute Gasteiger partial charge is 0.126 e. The van der Waals surface area contributed by atoms with E-state index in [1.165, 1.54) is 42.3 Å².